The van der Waals surface area contributed by atoms with Crippen molar-refractivity contribution in [1.29, 1.82) is 0 Å². The summed E-state index contributed by atoms with van der Waals surface area (Å²) in [5, 5.41) is 2.84. The van der Waals surface area contributed by atoms with Crippen molar-refractivity contribution in [2.45, 2.75) is 26.3 Å². The van der Waals surface area contributed by atoms with E-state index >= 15 is 0 Å². The highest BCUT2D eigenvalue weighted by Crippen LogP contribution is 2.26. The Bertz CT molecular complexity index is 456. The van der Waals surface area contributed by atoms with Crippen LogP contribution in [-0.2, 0) is 9.59 Å². The van der Waals surface area contributed by atoms with Crippen molar-refractivity contribution in [3.63, 3.8) is 0 Å². The van der Waals surface area contributed by atoms with Crippen molar-refractivity contribution in [1.82, 2.24) is 10.2 Å². The van der Waals surface area contributed by atoms with Gasteiger partial charge in [-0.15, -0.1) is 0 Å². The molecule has 1 unspecified atom stereocenters. The highest BCUT2D eigenvalue weighted by atomic mass is 16.2. The van der Waals surface area contributed by atoms with E-state index in [-0.39, 0.29) is 23.8 Å². The second-order valence-electron chi connectivity index (χ2n) is 5.17. The van der Waals surface area contributed by atoms with E-state index < -0.39 is 0 Å². The number of rotatable bonds is 2. The molecule has 102 valence electrons. The Kier molecular flexibility index (Phi) is 4.20. The summed E-state index contributed by atoms with van der Waals surface area (Å²) in [7, 11) is 0. The number of amides is 2. The number of hydrogen-bond donors (Lipinski definition) is 1. The standard InChI is InChI=1S/C15H20N2O2/c1-11(2)15(19)17-9-8-16-14(18)10-13(17)12-6-4-3-5-7-12/h3-7,11,13H,8-10H2,1-2H3,(H,16,18). The van der Waals surface area contributed by atoms with Gasteiger partial charge in [0.2, 0.25) is 11.8 Å². The molecule has 0 bridgehead atoms. The molecule has 1 N–H and O–H groups in total. The van der Waals surface area contributed by atoms with Gasteiger partial charge in [-0.05, 0) is 5.56 Å². The molecule has 1 saturated heterocycles. The smallest absolute Gasteiger partial charge is 0.225 e. The highest BCUT2D eigenvalue weighted by molar-refractivity contribution is 5.82. The first-order valence-corrected chi connectivity index (χ1v) is 6.71. The van der Waals surface area contributed by atoms with Gasteiger partial charge in [-0.3, -0.25) is 9.59 Å². The van der Waals surface area contributed by atoms with Gasteiger partial charge < -0.3 is 10.2 Å². The first kappa shape index (κ1) is 13.6. The summed E-state index contributed by atoms with van der Waals surface area (Å²) in [6.07, 6.45) is 0.336. The quantitative estimate of drug-likeness (QED) is 0.880. The summed E-state index contributed by atoms with van der Waals surface area (Å²) in [5.74, 6) is 0.0534. The summed E-state index contributed by atoms with van der Waals surface area (Å²) in [4.78, 5) is 25.9. The van der Waals surface area contributed by atoms with Gasteiger partial charge in [0, 0.05) is 19.0 Å². The van der Waals surface area contributed by atoms with Gasteiger partial charge in [0.25, 0.3) is 0 Å². The number of benzene rings is 1. The van der Waals surface area contributed by atoms with Gasteiger partial charge in [-0.2, -0.15) is 0 Å². The molecule has 4 heteroatoms. The van der Waals surface area contributed by atoms with E-state index in [9.17, 15) is 9.59 Å². The van der Waals surface area contributed by atoms with Gasteiger partial charge in [-0.25, -0.2) is 0 Å². The molecule has 1 aliphatic rings. The molecule has 0 aliphatic carbocycles. The van der Waals surface area contributed by atoms with Crippen LogP contribution in [0.15, 0.2) is 30.3 Å². The lowest BCUT2D eigenvalue weighted by Gasteiger charge is -2.31. The largest absolute Gasteiger partial charge is 0.354 e. The van der Waals surface area contributed by atoms with E-state index in [0.29, 0.717) is 19.5 Å². The third kappa shape index (κ3) is 3.13. The molecule has 0 spiro atoms. The van der Waals surface area contributed by atoms with E-state index in [1.165, 1.54) is 0 Å². The number of carbonyl (C=O) groups excluding carboxylic acids is 2. The second kappa shape index (κ2) is 5.87. The molecular formula is C15H20N2O2. The Morgan fingerprint density at radius 3 is 2.63 bits per heavy atom. The van der Waals surface area contributed by atoms with Gasteiger partial charge in [0.15, 0.2) is 0 Å². The Hall–Kier alpha value is -1.84. The van der Waals surface area contributed by atoms with Crippen molar-refractivity contribution in [2.75, 3.05) is 13.1 Å². The fraction of sp³-hybridized carbons (Fsp3) is 0.467. The van der Waals surface area contributed by atoms with Crippen molar-refractivity contribution >= 4 is 11.8 Å². The van der Waals surface area contributed by atoms with Gasteiger partial charge in [-0.1, -0.05) is 44.2 Å². The molecule has 0 saturated carbocycles. The normalized spacial score (nSPS) is 20.1. The molecule has 19 heavy (non-hydrogen) atoms. The molecule has 0 aromatic heterocycles. The Morgan fingerprint density at radius 1 is 1.32 bits per heavy atom. The van der Waals surface area contributed by atoms with Crippen LogP contribution < -0.4 is 5.32 Å². The maximum atomic E-state index is 12.3. The van der Waals surface area contributed by atoms with Crippen LogP contribution in [0.25, 0.3) is 0 Å². The minimum Gasteiger partial charge on any atom is -0.354 e. The zero-order valence-corrected chi connectivity index (χ0v) is 11.4. The number of hydrogen-bond acceptors (Lipinski definition) is 2. The van der Waals surface area contributed by atoms with Crippen molar-refractivity contribution in [3.05, 3.63) is 35.9 Å². The molecule has 2 amide bonds. The minimum atomic E-state index is -0.154. The second-order valence-corrected chi connectivity index (χ2v) is 5.17. The SMILES string of the molecule is CC(C)C(=O)N1CCNC(=O)CC1c1ccccc1. The lowest BCUT2D eigenvalue weighted by atomic mass is 10.0. The van der Waals surface area contributed by atoms with Crippen molar-refractivity contribution < 1.29 is 9.59 Å². The Labute approximate surface area is 113 Å². The molecule has 1 fully saturated rings. The molecular weight excluding hydrogens is 240 g/mol. The Balaban J connectivity index is 2.31. The molecule has 1 atom stereocenters. The molecule has 0 radical (unpaired) electrons. The number of nitrogens with zero attached hydrogens (tertiary/aromatic N) is 1. The summed E-state index contributed by atoms with van der Waals surface area (Å²) in [6, 6.07) is 9.62. The fourth-order valence-electron chi connectivity index (χ4n) is 2.40. The molecule has 1 aliphatic heterocycles. The van der Waals surface area contributed by atoms with Crippen LogP contribution in [0, 0.1) is 5.92 Å². The maximum absolute atomic E-state index is 12.3. The van der Waals surface area contributed by atoms with Crippen LogP contribution in [-0.4, -0.2) is 29.8 Å². The first-order chi connectivity index (χ1) is 9.09. The lowest BCUT2D eigenvalue weighted by molar-refractivity contribution is -0.137. The van der Waals surface area contributed by atoms with Crippen LogP contribution in [0.1, 0.15) is 31.9 Å². The molecule has 1 heterocycles. The molecule has 2 rings (SSSR count). The van der Waals surface area contributed by atoms with E-state index in [4.69, 9.17) is 0 Å². The summed E-state index contributed by atoms with van der Waals surface area (Å²) in [5.41, 5.74) is 1.02. The highest BCUT2D eigenvalue weighted by Gasteiger charge is 2.30. The molecule has 4 nitrogen and oxygen atoms in total. The predicted octanol–water partition coefficient (Wildman–Crippen LogP) is 1.73. The Morgan fingerprint density at radius 2 is 2.00 bits per heavy atom. The summed E-state index contributed by atoms with van der Waals surface area (Å²) in [6.45, 7) is 4.89. The number of carbonyl (C=O) groups is 2. The van der Waals surface area contributed by atoms with E-state index in [0.717, 1.165) is 5.56 Å². The van der Waals surface area contributed by atoms with Crippen LogP contribution >= 0.6 is 0 Å². The average molecular weight is 260 g/mol. The van der Waals surface area contributed by atoms with Crippen molar-refractivity contribution in [2.24, 2.45) is 5.92 Å². The van der Waals surface area contributed by atoms with Crippen LogP contribution in [0.2, 0.25) is 0 Å². The topological polar surface area (TPSA) is 49.4 Å². The predicted molar refractivity (Wildman–Crippen MR) is 73.4 cm³/mol. The van der Waals surface area contributed by atoms with Gasteiger partial charge in [0.1, 0.15) is 0 Å². The molecule has 1 aromatic rings. The van der Waals surface area contributed by atoms with Gasteiger partial charge in [0.05, 0.1) is 12.5 Å². The zero-order valence-electron chi connectivity index (χ0n) is 11.4. The average Bonchev–Trinajstić information content (AvgIpc) is 2.60. The molecule has 1 aromatic carbocycles. The van der Waals surface area contributed by atoms with Gasteiger partial charge >= 0.3 is 0 Å². The van der Waals surface area contributed by atoms with Crippen molar-refractivity contribution in [3.8, 4) is 0 Å². The fourth-order valence-corrected chi connectivity index (χ4v) is 2.40. The monoisotopic (exact) mass is 260 g/mol. The zero-order chi connectivity index (χ0) is 13.8. The first-order valence-electron chi connectivity index (χ1n) is 6.71. The van der Waals surface area contributed by atoms with E-state index in [1.807, 2.05) is 49.1 Å². The third-order valence-corrected chi connectivity index (χ3v) is 3.39. The minimum absolute atomic E-state index is 0.00732. The third-order valence-electron chi connectivity index (χ3n) is 3.39. The lowest BCUT2D eigenvalue weighted by Crippen LogP contribution is -2.39. The van der Waals surface area contributed by atoms with E-state index in [2.05, 4.69) is 5.32 Å². The van der Waals surface area contributed by atoms with Crippen LogP contribution in [0.3, 0.4) is 0 Å². The maximum Gasteiger partial charge on any atom is 0.225 e. The van der Waals surface area contributed by atoms with Crippen LogP contribution in [0.4, 0.5) is 0 Å². The number of nitrogens with one attached hydrogen (secondary N) is 1. The summed E-state index contributed by atoms with van der Waals surface area (Å²) >= 11 is 0. The van der Waals surface area contributed by atoms with Crippen LogP contribution in [0.5, 0.6) is 0 Å². The summed E-state index contributed by atoms with van der Waals surface area (Å²) < 4.78 is 0. The van der Waals surface area contributed by atoms with E-state index in [1.54, 1.807) is 0 Å².